The highest BCUT2D eigenvalue weighted by molar-refractivity contribution is 6.01. The lowest BCUT2D eigenvalue weighted by atomic mass is 10.1. The number of halogens is 6. The highest BCUT2D eigenvalue weighted by Gasteiger charge is 2.51. The minimum absolute atomic E-state index is 0.00931. The van der Waals surface area contributed by atoms with E-state index in [1.807, 2.05) is 6.07 Å². The summed E-state index contributed by atoms with van der Waals surface area (Å²) in [6.45, 7) is 0.544. The topological polar surface area (TPSA) is 93.7 Å². The number of carbonyl (C=O) groups is 2. The van der Waals surface area contributed by atoms with E-state index in [1.165, 1.54) is 4.90 Å². The summed E-state index contributed by atoms with van der Waals surface area (Å²) < 4.78 is 79.3. The van der Waals surface area contributed by atoms with Gasteiger partial charge in [0.05, 0.1) is 35.3 Å². The van der Waals surface area contributed by atoms with Gasteiger partial charge in [0.2, 0.25) is 11.8 Å². The minimum atomic E-state index is -5.02. The second-order valence-corrected chi connectivity index (χ2v) is 8.76. The molecular weight excluding hydrogens is 468 g/mol. The number of nitrogens with two attached hydrogens (primary N) is 1. The zero-order valence-corrected chi connectivity index (χ0v) is 17.7. The fourth-order valence-corrected chi connectivity index (χ4v) is 4.99. The highest BCUT2D eigenvalue weighted by Crippen LogP contribution is 2.42. The van der Waals surface area contributed by atoms with Gasteiger partial charge in [0.15, 0.2) is 0 Å². The molecule has 1 aromatic carbocycles. The van der Waals surface area contributed by atoms with E-state index in [4.69, 9.17) is 11.0 Å². The second-order valence-electron chi connectivity index (χ2n) is 8.76. The number of nitrogens with zero attached hydrogens (tertiary/aromatic N) is 4. The molecule has 3 aliphatic rings. The fourth-order valence-electron chi connectivity index (χ4n) is 4.99. The molecule has 0 aliphatic carbocycles. The number of anilines is 1. The van der Waals surface area contributed by atoms with Crippen LogP contribution in [-0.4, -0.2) is 65.4 Å². The second kappa shape index (κ2) is 8.42. The standard InChI is InChI=1S/C21H21F6N5O2/c22-20(23,24)11-4-12(21(25,26)27)6-14(5-11)32-15-7-17(19(32)34)30(9-15)10-16(29)18(33)31-3-1-2-13(31)8-28/h4-6,13,15-17H,1-3,7,9-10,29H2/t13-,15-,16-,17-/m0/s1. The molecule has 0 radical (unpaired) electrons. The largest absolute Gasteiger partial charge is 0.416 e. The molecule has 3 heterocycles. The Morgan fingerprint density at radius 3 is 2.29 bits per heavy atom. The van der Waals surface area contributed by atoms with Gasteiger partial charge in [0.1, 0.15) is 6.04 Å². The summed E-state index contributed by atoms with van der Waals surface area (Å²) in [5.74, 6) is -1.07. The molecule has 4 atom stereocenters. The van der Waals surface area contributed by atoms with Gasteiger partial charge in [-0.15, -0.1) is 0 Å². The minimum Gasteiger partial charge on any atom is -0.325 e. The fraction of sp³-hybridized carbons (Fsp3) is 0.571. The Bertz CT molecular complexity index is 1000. The Balaban J connectivity index is 1.51. The molecule has 34 heavy (non-hydrogen) atoms. The van der Waals surface area contributed by atoms with Crippen LogP contribution in [0.4, 0.5) is 32.0 Å². The maximum absolute atomic E-state index is 13.2. The maximum atomic E-state index is 13.2. The van der Waals surface area contributed by atoms with Crippen LogP contribution in [0, 0.1) is 11.3 Å². The van der Waals surface area contributed by atoms with E-state index in [2.05, 4.69) is 0 Å². The van der Waals surface area contributed by atoms with Gasteiger partial charge in [-0.3, -0.25) is 14.5 Å². The lowest BCUT2D eigenvalue weighted by Gasteiger charge is -2.35. The molecule has 0 aromatic heterocycles. The Morgan fingerprint density at radius 2 is 1.76 bits per heavy atom. The van der Waals surface area contributed by atoms with Crippen LogP contribution in [0.5, 0.6) is 0 Å². The number of hydrogen-bond donors (Lipinski definition) is 1. The average Bonchev–Trinajstić information content (AvgIpc) is 3.45. The molecule has 3 fully saturated rings. The first-order chi connectivity index (χ1) is 15.8. The number of fused-ring (bicyclic) bond motifs is 2. The Hall–Kier alpha value is -2.85. The SMILES string of the molecule is N#C[C@@H]1CCCN1C(=O)[C@@H](N)CN1C[C@@H]2C[C@H]1C(=O)N2c1cc(C(F)(F)F)cc(C(F)(F)F)c1. The number of carbonyl (C=O) groups excluding carboxylic acids is 2. The van der Waals surface area contributed by atoms with Crippen LogP contribution in [0.1, 0.15) is 30.4 Å². The summed E-state index contributed by atoms with van der Waals surface area (Å²) >= 11 is 0. The van der Waals surface area contributed by atoms with Crippen molar-refractivity contribution in [2.75, 3.05) is 24.5 Å². The molecule has 0 unspecified atom stereocenters. The van der Waals surface area contributed by atoms with Crippen molar-refractivity contribution in [3.8, 4) is 6.07 Å². The third-order valence-electron chi connectivity index (χ3n) is 6.55. The molecule has 0 saturated carbocycles. The number of piperazine rings is 1. The third kappa shape index (κ3) is 4.32. The normalized spacial score (nSPS) is 26.3. The van der Waals surface area contributed by atoms with Crippen molar-refractivity contribution in [1.82, 2.24) is 9.80 Å². The van der Waals surface area contributed by atoms with E-state index >= 15 is 0 Å². The molecule has 184 valence electrons. The van der Waals surface area contributed by atoms with E-state index in [0.717, 1.165) is 4.90 Å². The quantitative estimate of drug-likeness (QED) is 0.656. The van der Waals surface area contributed by atoms with Crippen molar-refractivity contribution in [2.24, 2.45) is 5.73 Å². The summed E-state index contributed by atoms with van der Waals surface area (Å²) in [5.41, 5.74) is 2.59. The number of nitriles is 1. The smallest absolute Gasteiger partial charge is 0.325 e. The van der Waals surface area contributed by atoms with Crippen molar-refractivity contribution in [3.05, 3.63) is 29.3 Å². The maximum Gasteiger partial charge on any atom is 0.416 e. The molecule has 13 heteroatoms. The monoisotopic (exact) mass is 489 g/mol. The van der Waals surface area contributed by atoms with Gasteiger partial charge in [-0.05, 0) is 37.5 Å². The van der Waals surface area contributed by atoms with E-state index in [-0.39, 0.29) is 25.6 Å². The Kier molecular flexibility index (Phi) is 6.02. The molecule has 2 bridgehead atoms. The first-order valence-corrected chi connectivity index (χ1v) is 10.6. The molecule has 0 spiro atoms. The van der Waals surface area contributed by atoms with Gasteiger partial charge in [-0.1, -0.05) is 0 Å². The van der Waals surface area contributed by atoms with E-state index in [1.54, 1.807) is 4.90 Å². The summed E-state index contributed by atoms with van der Waals surface area (Å²) in [5, 5.41) is 9.16. The van der Waals surface area contributed by atoms with Crippen molar-refractivity contribution in [3.63, 3.8) is 0 Å². The van der Waals surface area contributed by atoms with Gasteiger partial charge in [0.25, 0.3) is 0 Å². The number of amides is 2. The van der Waals surface area contributed by atoms with E-state index in [0.29, 0.717) is 31.5 Å². The van der Waals surface area contributed by atoms with Crippen LogP contribution in [0.25, 0.3) is 0 Å². The van der Waals surface area contributed by atoms with Gasteiger partial charge < -0.3 is 15.5 Å². The van der Waals surface area contributed by atoms with Crippen LogP contribution in [0.3, 0.4) is 0 Å². The Labute approximate surface area is 190 Å². The number of rotatable bonds is 4. The summed E-state index contributed by atoms with van der Waals surface area (Å²) in [4.78, 5) is 29.6. The summed E-state index contributed by atoms with van der Waals surface area (Å²) in [7, 11) is 0. The number of alkyl halides is 6. The average molecular weight is 489 g/mol. The molecule has 4 rings (SSSR count). The van der Waals surface area contributed by atoms with Gasteiger partial charge in [-0.25, -0.2) is 0 Å². The lowest BCUT2D eigenvalue weighted by molar-refractivity contribution is -0.143. The lowest BCUT2D eigenvalue weighted by Crippen LogP contribution is -2.56. The molecular formula is C21H21F6N5O2. The van der Waals surface area contributed by atoms with Crippen LogP contribution in [0.2, 0.25) is 0 Å². The van der Waals surface area contributed by atoms with Gasteiger partial charge in [-0.2, -0.15) is 31.6 Å². The number of benzene rings is 1. The predicted molar refractivity (Wildman–Crippen MR) is 106 cm³/mol. The number of likely N-dealkylation sites (tertiary alicyclic amines) is 2. The van der Waals surface area contributed by atoms with E-state index in [9.17, 15) is 35.9 Å². The van der Waals surface area contributed by atoms with Crippen molar-refractivity contribution < 1.29 is 35.9 Å². The van der Waals surface area contributed by atoms with E-state index < -0.39 is 65.1 Å². The summed E-state index contributed by atoms with van der Waals surface area (Å²) in [6, 6.07) is 0.124. The van der Waals surface area contributed by atoms with Crippen LogP contribution in [0.15, 0.2) is 18.2 Å². The zero-order chi connectivity index (χ0) is 25.0. The number of hydrogen-bond acceptors (Lipinski definition) is 5. The molecule has 3 aliphatic heterocycles. The molecule has 3 saturated heterocycles. The third-order valence-corrected chi connectivity index (χ3v) is 6.55. The first-order valence-electron chi connectivity index (χ1n) is 10.6. The van der Waals surface area contributed by atoms with Crippen molar-refractivity contribution in [2.45, 2.75) is 55.8 Å². The zero-order valence-electron chi connectivity index (χ0n) is 17.7. The molecule has 2 N–H and O–H groups in total. The predicted octanol–water partition coefficient (Wildman–Crippen LogP) is 2.36. The summed E-state index contributed by atoms with van der Waals surface area (Å²) in [6.07, 6.45) is -8.62. The van der Waals surface area contributed by atoms with Crippen LogP contribution >= 0.6 is 0 Å². The van der Waals surface area contributed by atoms with Crippen LogP contribution in [-0.2, 0) is 21.9 Å². The molecule has 7 nitrogen and oxygen atoms in total. The van der Waals surface area contributed by atoms with Crippen molar-refractivity contribution >= 4 is 17.5 Å². The van der Waals surface area contributed by atoms with Crippen molar-refractivity contribution in [1.29, 1.82) is 5.26 Å². The van der Waals surface area contributed by atoms with Crippen LogP contribution < -0.4 is 10.6 Å². The van der Waals surface area contributed by atoms with Gasteiger partial charge >= 0.3 is 12.4 Å². The first kappa shape index (κ1) is 24.3. The molecule has 1 aromatic rings. The molecule has 2 amide bonds. The van der Waals surface area contributed by atoms with Gasteiger partial charge in [0, 0.05) is 25.3 Å². The Morgan fingerprint density at radius 1 is 1.15 bits per heavy atom. The highest BCUT2D eigenvalue weighted by atomic mass is 19.4.